The molecule has 0 spiro atoms. The fourth-order valence-electron chi connectivity index (χ4n) is 2.58. The average Bonchev–Trinajstić information content (AvgIpc) is 2.66. The number of esters is 1. The second-order valence-corrected chi connectivity index (χ2v) is 6.06. The van der Waals surface area contributed by atoms with Crippen LogP contribution in [0.1, 0.15) is 22.8 Å². The second kappa shape index (κ2) is 7.97. The summed E-state index contributed by atoms with van der Waals surface area (Å²) in [5.41, 5.74) is 2.78. The van der Waals surface area contributed by atoms with Crippen LogP contribution in [0.3, 0.4) is 0 Å². The van der Waals surface area contributed by atoms with Crippen molar-refractivity contribution in [1.29, 1.82) is 0 Å². The predicted molar refractivity (Wildman–Crippen MR) is 101 cm³/mol. The first-order valence-corrected chi connectivity index (χ1v) is 8.56. The van der Waals surface area contributed by atoms with Gasteiger partial charge < -0.3 is 10.1 Å². The molecule has 5 nitrogen and oxygen atoms in total. The average molecular weight is 369 g/mol. The van der Waals surface area contributed by atoms with Gasteiger partial charge in [-0.25, -0.2) is 9.78 Å². The number of aryl methyl sites for hydroxylation is 1. The van der Waals surface area contributed by atoms with E-state index in [1.165, 1.54) is 0 Å². The number of ether oxygens (including phenoxy) is 1. The van der Waals surface area contributed by atoms with Gasteiger partial charge in [0.1, 0.15) is 5.15 Å². The van der Waals surface area contributed by atoms with Gasteiger partial charge in [-0.05, 0) is 48.4 Å². The number of halogens is 1. The van der Waals surface area contributed by atoms with Crippen molar-refractivity contribution in [3.05, 3.63) is 70.9 Å². The molecule has 2 aromatic carbocycles. The zero-order valence-electron chi connectivity index (χ0n) is 14.2. The predicted octanol–water partition coefficient (Wildman–Crippen LogP) is 4.25. The molecule has 6 heteroatoms. The van der Waals surface area contributed by atoms with Crippen LogP contribution >= 0.6 is 11.6 Å². The Bertz CT molecular complexity index is 972. The number of nitrogens with zero attached hydrogens (tertiary/aromatic N) is 1. The lowest BCUT2D eigenvalue weighted by Crippen LogP contribution is -2.21. The fraction of sp³-hybridized carbons (Fsp3) is 0.150. The van der Waals surface area contributed by atoms with E-state index in [4.69, 9.17) is 16.3 Å². The van der Waals surface area contributed by atoms with Crippen LogP contribution in [0.25, 0.3) is 10.9 Å². The number of anilines is 1. The van der Waals surface area contributed by atoms with E-state index in [2.05, 4.69) is 10.3 Å². The van der Waals surface area contributed by atoms with Crippen LogP contribution in [0.4, 0.5) is 5.69 Å². The number of carbonyl (C=O) groups excluding carboxylic acids is 2. The van der Waals surface area contributed by atoms with E-state index in [0.29, 0.717) is 16.2 Å². The zero-order chi connectivity index (χ0) is 18.5. The molecule has 1 amide bonds. The number of aromatic nitrogens is 1. The molecule has 1 N–H and O–H groups in total. The molecule has 1 heterocycles. The molecular formula is C20H17ClN2O3. The number of nitrogens with one attached hydrogen (secondary N) is 1. The summed E-state index contributed by atoms with van der Waals surface area (Å²) in [5.74, 6) is -0.950. The van der Waals surface area contributed by atoms with Gasteiger partial charge in [-0.1, -0.05) is 36.7 Å². The molecule has 0 fully saturated rings. The summed E-state index contributed by atoms with van der Waals surface area (Å²) in [5, 5.41) is 3.92. The highest BCUT2D eigenvalue weighted by atomic mass is 35.5. The second-order valence-electron chi connectivity index (χ2n) is 5.68. The third-order valence-electron chi connectivity index (χ3n) is 3.90. The molecule has 1 aromatic heterocycles. The normalized spacial score (nSPS) is 10.5. The topological polar surface area (TPSA) is 68.3 Å². The molecule has 0 aliphatic carbocycles. The van der Waals surface area contributed by atoms with Crippen molar-refractivity contribution in [2.75, 3.05) is 11.9 Å². The maximum atomic E-state index is 12.2. The van der Waals surface area contributed by atoms with Gasteiger partial charge in [0.2, 0.25) is 0 Å². The first-order valence-electron chi connectivity index (χ1n) is 8.18. The Hall–Kier alpha value is -2.92. The van der Waals surface area contributed by atoms with E-state index in [9.17, 15) is 9.59 Å². The first-order chi connectivity index (χ1) is 12.6. The monoisotopic (exact) mass is 368 g/mol. The third kappa shape index (κ3) is 4.18. The quantitative estimate of drug-likeness (QED) is 0.540. The summed E-state index contributed by atoms with van der Waals surface area (Å²) in [7, 11) is 0. The molecule has 0 aliphatic heterocycles. The minimum Gasteiger partial charge on any atom is -0.452 e. The molecule has 0 bridgehead atoms. The maximum absolute atomic E-state index is 12.2. The van der Waals surface area contributed by atoms with Crippen LogP contribution < -0.4 is 5.32 Å². The number of para-hydroxylation sites is 1. The van der Waals surface area contributed by atoms with Gasteiger partial charge in [0, 0.05) is 11.1 Å². The summed E-state index contributed by atoms with van der Waals surface area (Å²) < 4.78 is 5.11. The molecule has 3 aromatic rings. The zero-order valence-corrected chi connectivity index (χ0v) is 14.9. The van der Waals surface area contributed by atoms with E-state index >= 15 is 0 Å². The third-order valence-corrected chi connectivity index (χ3v) is 4.11. The lowest BCUT2D eigenvalue weighted by atomic mass is 10.1. The summed E-state index contributed by atoms with van der Waals surface area (Å²) in [6.45, 7) is 1.65. The van der Waals surface area contributed by atoms with Crippen LogP contribution in [-0.4, -0.2) is 23.5 Å². The molecule has 26 heavy (non-hydrogen) atoms. The summed E-state index contributed by atoms with van der Waals surface area (Å²) in [6, 6.07) is 15.9. The lowest BCUT2D eigenvalue weighted by molar-refractivity contribution is -0.119. The van der Waals surface area contributed by atoms with Crippen molar-refractivity contribution in [3.63, 3.8) is 0 Å². The highest BCUT2D eigenvalue weighted by molar-refractivity contribution is 6.29. The van der Waals surface area contributed by atoms with Crippen LogP contribution in [0.15, 0.2) is 54.6 Å². The van der Waals surface area contributed by atoms with Crippen LogP contribution in [0.2, 0.25) is 5.15 Å². The molecular weight excluding hydrogens is 352 g/mol. The Labute approximate surface area is 156 Å². The van der Waals surface area contributed by atoms with Crippen molar-refractivity contribution >= 4 is 40.1 Å². The van der Waals surface area contributed by atoms with Crippen LogP contribution in [0.5, 0.6) is 0 Å². The SMILES string of the molecule is CCc1ccccc1NC(=O)COC(=O)c1ccc2nc(Cl)ccc2c1. The van der Waals surface area contributed by atoms with Crippen LogP contribution in [0, 0.1) is 0 Å². The standard InChI is InChI=1S/C20H17ClN2O3/c1-2-13-5-3-4-6-16(13)23-19(24)12-26-20(25)15-7-9-17-14(11-15)8-10-18(21)22-17/h3-11H,2,12H2,1H3,(H,23,24). The van der Waals surface area contributed by atoms with Crippen molar-refractivity contribution in [1.82, 2.24) is 4.98 Å². The molecule has 0 radical (unpaired) electrons. The molecule has 0 aliphatic rings. The van der Waals surface area contributed by atoms with E-state index in [1.807, 2.05) is 31.2 Å². The van der Waals surface area contributed by atoms with Gasteiger partial charge in [0.25, 0.3) is 5.91 Å². The van der Waals surface area contributed by atoms with Gasteiger partial charge in [-0.2, -0.15) is 0 Å². The number of fused-ring (bicyclic) bond motifs is 1. The van der Waals surface area contributed by atoms with E-state index in [-0.39, 0.29) is 12.5 Å². The van der Waals surface area contributed by atoms with Crippen LogP contribution in [-0.2, 0) is 16.0 Å². The fourth-order valence-corrected chi connectivity index (χ4v) is 2.73. The molecule has 0 saturated heterocycles. The number of carbonyl (C=O) groups is 2. The van der Waals surface area contributed by atoms with Crippen molar-refractivity contribution in [3.8, 4) is 0 Å². The number of rotatable bonds is 5. The number of hydrogen-bond donors (Lipinski definition) is 1. The molecule has 0 saturated carbocycles. The number of hydrogen-bond acceptors (Lipinski definition) is 4. The van der Waals surface area contributed by atoms with Gasteiger partial charge in [0.15, 0.2) is 6.61 Å². The van der Waals surface area contributed by atoms with Gasteiger partial charge in [-0.3, -0.25) is 4.79 Å². The van der Waals surface area contributed by atoms with E-state index in [1.54, 1.807) is 30.3 Å². The Kier molecular flexibility index (Phi) is 5.49. The lowest BCUT2D eigenvalue weighted by Gasteiger charge is -2.10. The highest BCUT2D eigenvalue weighted by Crippen LogP contribution is 2.18. The minimum atomic E-state index is -0.569. The molecule has 3 rings (SSSR count). The van der Waals surface area contributed by atoms with E-state index < -0.39 is 5.97 Å². The molecule has 0 atom stereocenters. The summed E-state index contributed by atoms with van der Waals surface area (Å²) in [4.78, 5) is 28.4. The first kappa shape index (κ1) is 17.9. The maximum Gasteiger partial charge on any atom is 0.338 e. The highest BCUT2D eigenvalue weighted by Gasteiger charge is 2.12. The summed E-state index contributed by atoms with van der Waals surface area (Å²) in [6.07, 6.45) is 0.797. The Morgan fingerprint density at radius 2 is 1.92 bits per heavy atom. The summed E-state index contributed by atoms with van der Waals surface area (Å²) >= 11 is 5.85. The van der Waals surface area contributed by atoms with Gasteiger partial charge >= 0.3 is 5.97 Å². The molecule has 0 unspecified atom stereocenters. The Morgan fingerprint density at radius 1 is 1.12 bits per heavy atom. The Morgan fingerprint density at radius 3 is 2.73 bits per heavy atom. The van der Waals surface area contributed by atoms with Gasteiger partial charge in [0.05, 0.1) is 11.1 Å². The minimum absolute atomic E-state index is 0.350. The largest absolute Gasteiger partial charge is 0.452 e. The number of pyridine rings is 1. The van der Waals surface area contributed by atoms with Crippen molar-refractivity contribution in [2.45, 2.75) is 13.3 Å². The van der Waals surface area contributed by atoms with Crippen molar-refractivity contribution in [2.24, 2.45) is 0 Å². The van der Waals surface area contributed by atoms with Crippen molar-refractivity contribution < 1.29 is 14.3 Å². The number of amides is 1. The van der Waals surface area contributed by atoms with Gasteiger partial charge in [-0.15, -0.1) is 0 Å². The van der Waals surface area contributed by atoms with E-state index in [0.717, 1.165) is 23.1 Å². The molecule has 132 valence electrons. The smallest absolute Gasteiger partial charge is 0.338 e. The Balaban J connectivity index is 1.63. The number of benzene rings is 2.